The van der Waals surface area contributed by atoms with Gasteiger partial charge in [-0.15, -0.1) is 12.4 Å². The molecule has 1 heterocycles. The maximum Gasteiger partial charge on any atom is 0.318 e. The van der Waals surface area contributed by atoms with Crippen LogP contribution in [0.2, 0.25) is 0 Å². The predicted octanol–water partition coefficient (Wildman–Crippen LogP) is 2.21. The summed E-state index contributed by atoms with van der Waals surface area (Å²) in [5.74, 6) is -0.104. The highest BCUT2D eigenvalue weighted by Gasteiger charge is 2.21. The molecule has 0 saturated carbocycles. The highest BCUT2D eigenvalue weighted by Crippen LogP contribution is 2.18. The van der Waals surface area contributed by atoms with Crippen LogP contribution < -0.4 is 11.1 Å². The third-order valence-corrected chi connectivity index (χ3v) is 5.07. The van der Waals surface area contributed by atoms with E-state index in [0.717, 1.165) is 12.8 Å². The SMILES string of the molecule is Cl.NCCN(CCc1ccccc1)C(=O)CNC(=O)N1CCc2ccccc2C1. The van der Waals surface area contributed by atoms with Gasteiger partial charge in [0.15, 0.2) is 0 Å². The molecule has 0 radical (unpaired) electrons. The van der Waals surface area contributed by atoms with Gasteiger partial charge in [-0.25, -0.2) is 4.79 Å². The molecule has 3 rings (SSSR count). The largest absolute Gasteiger partial charge is 0.340 e. The van der Waals surface area contributed by atoms with E-state index in [1.54, 1.807) is 9.80 Å². The molecule has 1 aliphatic heterocycles. The number of hydrogen-bond donors (Lipinski definition) is 2. The van der Waals surface area contributed by atoms with E-state index >= 15 is 0 Å². The molecule has 0 aliphatic carbocycles. The van der Waals surface area contributed by atoms with E-state index in [0.29, 0.717) is 32.7 Å². The second-order valence-electron chi connectivity index (χ2n) is 7.00. The van der Waals surface area contributed by atoms with Crippen LogP contribution in [0.3, 0.4) is 0 Å². The summed E-state index contributed by atoms with van der Waals surface area (Å²) in [7, 11) is 0. The topological polar surface area (TPSA) is 78.7 Å². The van der Waals surface area contributed by atoms with Crippen LogP contribution in [0, 0.1) is 0 Å². The smallest absolute Gasteiger partial charge is 0.318 e. The quantitative estimate of drug-likeness (QED) is 0.726. The van der Waals surface area contributed by atoms with Gasteiger partial charge in [0.1, 0.15) is 0 Å². The van der Waals surface area contributed by atoms with E-state index in [1.807, 2.05) is 48.5 Å². The maximum absolute atomic E-state index is 12.6. The molecule has 1 aliphatic rings. The number of nitrogens with two attached hydrogens (primary N) is 1. The Morgan fingerprint density at radius 1 is 1.00 bits per heavy atom. The molecule has 0 fully saturated rings. The number of carbonyl (C=O) groups excluding carboxylic acids is 2. The first-order valence-corrected chi connectivity index (χ1v) is 9.78. The molecule has 7 heteroatoms. The lowest BCUT2D eigenvalue weighted by Crippen LogP contribution is -2.48. The van der Waals surface area contributed by atoms with Gasteiger partial charge in [0, 0.05) is 32.7 Å². The van der Waals surface area contributed by atoms with Gasteiger partial charge in [-0.05, 0) is 29.5 Å². The lowest BCUT2D eigenvalue weighted by atomic mass is 10.0. The summed E-state index contributed by atoms with van der Waals surface area (Å²) >= 11 is 0. The molecular formula is C22H29ClN4O2. The van der Waals surface area contributed by atoms with Crippen LogP contribution >= 0.6 is 12.4 Å². The third kappa shape index (κ3) is 6.48. The molecule has 0 unspecified atom stereocenters. The van der Waals surface area contributed by atoms with Crippen LogP contribution in [-0.2, 0) is 24.2 Å². The number of hydrogen-bond acceptors (Lipinski definition) is 3. The minimum absolute atomic E-state index is 0. The first-order chi connectivity index (χ1) is 13.7. The molecule has 0 aromatic heterocycles. The van der Waals surface area contributed by atoms with E-state index in [2.05, 4.69) is 11.4 Å². The summed E-state index contributed by atoms with van der Waals surface area (Å²) in [5, 5.41) is 2.77. The monoisotopic (exact) mass is 416 g/mol. The maximum atomic E-state index is 12.6. The molecule has 2 aromatic rings. The van der Waals surface area contributed by atoms with Crippen LogP contribution in [0.4, 0.5) is 4.79 Å². The van der Waals surface area contributed by atoms with Gasteiger partial charge in [0.2, 0.25) is 5.91 Å². The molecule has 29 heavy (non-hydrogen) atoms. The Balaban J connectivity index is 0.00000300. The first-order valence-electron chi connectivity index (χ1n) is 9.78. The normalized spacial score (nSPS) is 12.5. The van der Waals surface area contributed by atoms with Crippen molar-refractivity contribution < 1.29 is 9.59 Å². The Kier molecular flexibility index (Phi) is 8.96. The molecule has 6 nitrogen and oxygen atoms in total. The number of urea groups is 1. The van der Waals surface area contributed by atoms with Gasteiger partial charge in [-0.1, -0.05) is 54.6 Å². The molecule has 3 N–H and O–H groups in total. The van der Waals surface area contributed by atoms with Crippen molar-refractivity contribution in [3.63, 3.8) is 0 Å². The molecule has 0 spiro atoms. The first kappa shape index (κ1) is 22.7. The zero-order valence-corrected chi connectivity index (χ0v) is 17.4. The van der Waals surface area contributed by atoms with Gasteiger partial charge in [-0.3, -0.25) is 4.79 Å². The standard InChI is InChI=1S/C22H28N4O2.ClH/c23-12-15-25(13-10-18-6-2-1-3-7-18)21(27)16-24-22(28)26-14-11-19-8-4-5-9-20(19)17-26;/h1-9H,10-17,23H2,(H,24,28);1H. The number of nitrogens with zero attached hydrogens (tertiary/aromatic N) is 2. The second kappa shape index (κ2) is 11.4. The number of carbonyl (C=O) groups is 2. The molecule has 0 atom stereocenters. The summed E-state index contributed by atoms with van der Waals surface area (Å²) in [6.07, 6.45) is 1.61. The van der Waals surface area contributed by atoms with Gasteiger partial charge < -0.3 is 20.9 Å². The molecular weight excluding hydrogens is 388 g/mol. The Bertz CT molecular complexity index is 800. The molecule has 0 bridgehead atoms. The van der Waals surface area contributed by atoms with Crippen LogP contribution in [0.5, 0.6) is 0 Å². The Hall–Kier alpha value is -2.57. The summed E-state index contributed by atoms with van der Waals surface area (Å²) in [4.78, 5) is 28.5. The number of halogens is 1. The molecule has 3 amide bonds. The Labute approximate surface area is 178 Å². The lowest BCUT2D eigenvalue weighted by Gasteiger charge is -2.29. The Morgan fingerprint density at radius 2 is 1.69 bits per heavy atom. The number of benzene rings is 2. The van der Waals surface area contributed by atoms with Gasteiger partial charge in [0.25, 0.3) is 0 Å². The van der Waals surface area contributed by atoms with Crippen LogP contribution in [0.1, 0.15) is 16.7 Å². The van der Waals surface area contributed by atoms with Crippen LogP contribution in [-0.4, -0.2) is 54.5 Å². The van der Waals surface area contributed by atoms with Crippen molar-refractivity contribution >= 4 is 24.3 Å². The highest BCUT2D eigenvalue weighted by atomic mass is 35.5. The number of rotatable bonds is 7. The molecule has 0 saturated heterocycles. The van der Waals surface area contributed by atoms with Crippen molar-refractivity contribution in [2.24, 2.45) is 5.73 Å². The van der Waals surface area contributed by atoms with E-state index in [1.165, 1.54) is 16.7 Å². The van der Waals surface area contributed by atoms with Gasteiger partial charge in [-0.2, -0.15) is 0 Å². The van der Waals surface area contributed by atoms with E-state index in [-0.39, 0.29) is 30.9 Å². The Morgan fingerprint density at radius 3 is 2.41 bits per heavy atom. The molecule has 2 aromatic carbocycles. The van der Waals surface area contributed by atoms with E-state index in [4.69, 9.17) is 5.73 Å². The van der Waals surface area contributed by atoms with Crippen LogP contribution in [0.15, 0.2) is 54.6 Å². The number of amides is 3. The minimum Gasteiger partial charge on any atom is -0.340 e. The summed E-state index contributed by atoms with van der Waals surface area (Å²) in [5.41, 5.74) is 9.30. The summed E-state index contributed by atoms with van der Waals surface area (Å²) < 4.78 is 0. The zero-order valence-electron chi connectivity index (χ0n) is 16.5. The zero-order chi connectivity index (χ0) is 19.8. The van der Waals surface area contributed by atoms with Crippen molar-refractivity contribution in [2.75, 3.05) is 32.7 Å². The van der Waals surface area contributed by atoms with Crippen molar-refractivity contribution in [1.29, 1.82) is 0 Å². The van der Waals surface area contributed by atoms with Gasteiger partial charge >= 0.3 is 6.03 Å². The molecule has 156 valence electrons. The number of nitrogens with one attached hydrogen (secondary N) is 1. The van der Waals surface area contributed by atoms with Crippen molar-refractivity contribution in [3.8, 4) is 0 Å². The fourth-order valence-corrected chi connectivity index (χ4v) is 3.47. The highest BCUT2D eigenvalue weighted by molar-refractivity contribution is 5.85. The summed E-state index contributed by atoms with van der Waals surface area (Å²) in [6, 6.07) is 18.0. The van der Waals surface area contributed by atoms with Crippen molar-refractivity contribution in [1.82, 2.24) is 15.1 Å². The summed E-state index contributed by atoms with van der Waals surface area (Å²) in [6.45, 7) is 2.71. The van der Waals surface area contributed by atoms with Crippen LogP contribution in [0.25, 0.3) is 0 Å². The second-order valence-corrected chi connectivity index (χ2v) is 7.00. The fourth-order valence-electron chi connectivity index (χ4n) is 3.47. The average Bonchev–Trinajstić information content (AvgIpc) is 2.75. The van der Waals surface area contributed by atoms with E-state index in [9.17, 15) is 9.59 Å². The fraction of sp³-hybridized carbons (Fsp3) is 0.364. The van der Waals surface area contributed by atoms with E-state index < -0.39 is 0 Å². The predicted molar refractivity (Wildman–Crippen MR) is 117 cm³/mol. The van der Waals surface area contributed by atoms with Crippen molar-refractivity contribution in [2.45, 2.75) is 19.4 Å². The lowest BCUT2D eigenvalue weighted by molar-refractivity contribution is -0.130. The van der Waals surface area contributed by atoms with Crippen molar-refractivity contribution in [3.05, 3.63) is 71.3 Å². The minimum atomic E-state index is -0.196. The van der Waals surface area contributed by atoms with Gasteiger partial charge in [0.05, 0.1) is 6.54 Å². The number of fused-ring (bicyclic) bond motifs is 1. The average molecular weight is 417 g/mol. The third-order valence-electron chi connectivity index (χ3n) is 5.07.